The molecule has 0 bridgehead atoms. The quantitative estimate of drug-likeness (QED) is 0.786. The van der Waals surface area contributed by atoms with Crippen LogP contribution in [-0.2, 0) is 6.42 Å². The zero-order chi connectivity index (χ0) is 12.7. The zero-order valence-electron chi connectivity index (χ0n) is 11.4. The first-order valence-corrected chi connectivity index (χ1v) is 6.63. The highest BCUT2D eigenvalue weighted by atomic mass is 15.1. The summed E-state index contributed by atoms with van der Waals surface area (Å²) in [5, 5.41) is 0. The van der Waals surface area contributed by atoms with Crippen LogP contribution >= 0.6 is 0 Å². The summed E-state index contributed by atoms with van der Waals surface area (Å²) in [7, 11) is 2.17. The lowest BCUT2D eigenvalue weighted by molar-refractivity contribution is 0.230. The molecule has 0 radical (unpaired) electrons. The third kappa shape index (κ3) is 5.33. The van der Waals surface area contributed by atoms with E-state index in [1.165, 1.54) is 18.4 Å². The lowest BCUT2D eigenvalue weighted by Crippen LogP contribution is -2.40. The molecule has 0 fully saturated rings. The number of benzene rings is 1. The van der Waals surface area contributed by atoms with E-state index in [0.717, 1.165) is 13.0 Å². The Morgan fingerprint density at radius 3 is 2.47 bits per heavy atom. The van der Waals surface area contributed by atoms with Crippen LogP contribution < -0.4 is 5.73 Å². The predicted molar refractivity (Wildman–Crippen MR) is 75.1 cm³/mol. The van der Waals surface area contributed by atoms with E-state index in [-0.39, 0.29) is 6.04 Å². The number of hydrogen-bond acceptors (Lipinski definition) is 2. The average Bonchev–Trinajstić information content (AvgIpc) is 2.30. The first kappa shape index (κ1) is 14.2. The molecule has 0 aliphatic rings. The monoisotopic (exact) mass is 234 g/mol. The maximum atomic E-state index is 6.20. The third-order valence-electron chi connectivity index (χ3n) is 3.32. The maximum absolute atomic E-state index is 6.20. The van der Waals surface area contributed by atoms with Gasteiger partial charge in [-0.25, -0.2) is 0 Å². The zero-order valence-corrected chi connectivity index (χ0v) is 11.4. The van der Waals surface area contributed by atoms with Gasteiger partial charge < -0.3 is 10.6 Å². The van der Waals surface area contributed by atoms with Gasteiger partial charge >= 0.3 is 0 Å². The number of nitrogens with zero attached hydrogens (tertiary/aromatic N) is 1. The second-order valence-corrected chi connectivity index (χ2v) is 5.03. The summed E-state index contributed by atoms with van der Waals surface area (Å²) in [6.45, 7) is 5.48. The minimum Gasteiger partial charge on any atom is -0.326 e. The van der Waals surface area contributed by atoms with Gasteiger partial charge in [0.25, 0.3) is 0 Å². The summed E-state index contributed by atoms with van der Waals surface area (Å²) in [4.78, 5) is 2.37. The molecule has 96 valence electrons. The molecule has 1 aromatic carbocycles. The van der Waals surface area contributed by atoms with Crippen molar-refractivity contribution in [1.82, 2.24) is 4.90 Å². The molecule has 0 spiro atoms. The Kier molecular flexibility index (Phi) is 6.23. The van der Waals surface area contributed by atoms with Crippen LogP contribution in [0.3, 0.4) is 0 Å². The molecule has 1 aromatic rings. The van der Waals surface area contributed by atoms with E-state index in [0.29, 0.717) is 6.04 Å². The normalized spacial score (nSPS) is 14.9. The van der Waals surface area contributed by atoms with Gasteiger partial charge in [0.1, 0.15) is 0 Å². The first-order chi connectivity index (χ1) is 8.13. The van der Waals surface area contributed by atoms with Crippen molar-refractivity contribution in [2.24, 2.45) is 5.73 Å². The fraction of sp³-hybridized carbons (Fsp3) is 0.600. The van der Waals surface area contributed by atoms with Crippen LogP contribution in [0.2, 0.25) is 0 Å². The summed E-state index contributed by atoms with van der Waals surface area (Å²) in [6, 6.07) is 11.3. The third-order valence-corrected chi connectivity index (χ3v) is 3.32. The van der Waals surface area contributed by atoms with Crippen LogP contribution in [-0.4, -0.2) is 30.6 Å². The lowest BCUT2D eigenvalue weighted by atomic mass is 10.1. The Hall–Kier alpha value is -0.860. The molecule has 0 aromatic heterocycles. The minimum atomic E-state index is 0.224. The van der Waals surface area contributed by atoms with E-state index in [4.69, 9.17) is 5.73 Å². The highest BCUT2D eigenvalue weighted by Gasteiger charge is 2.12. The fourth-order valence-corrected chi connectivity index (χ4v) is 2.17. The van der Waals surface area contributed by atoms with E-state index in [1.807, 2.05) is 6.07 Å². The maximum Gasteiger partial charge on any atom is 0.0208 e. The number of likely N-dealkylation sites (N-methyl/N-ethyl adjacent to an activating group) is 1. The highest BCUT2D eigenvalue weighted by molar-refractivity contribution is 5.15. The second kappa shape index (κ2) is 7.46. The van der Waals surface area contributed by atoms with E-state index in [2.05, 4.69) is 50.1 Å². The molecule has 0 saturated heterocycles. The van der Waals surface area contributed by atoms with E-state index in [9.17, 15) is 0 Å². The minimum absolute atomic E-state index is 0.224. The van der Waals surface area contributed by atoms with Crippen LogP contribution in [0.4, 0.5) is 0 Å². The molecule has 2 unspecified atom stereocenters. The SMILES string of the molecule is CCCC(C)N(C)CC(N)Cc1ccccc1. The van der Waals surface area contributed by atoms with Crippen molar-refractivity contribution in [2.75, 3.05) is 13.6 Å². The van der Waals surface area contributed by atoms with Crippen molar-refractivity contribution in [3.05, 3.63) is 35.9 Å². The summed E-state index contributed by atoms with van der Waals surface area (Å²) < 4.78 is 0. The molecule has 0 heterocycles. The van der Waals surface area contributed by atoms with E-state index in [1.54, 1.807) is 0 Å². The number of nitrogens with two attached hydrogens (primary N) is 1. The Labute approximate surface area is 106 Å². The molecule has 0 amide bonds. The molecule has 17 heavy (non-hydrogen) atoms. The van der Waals surface area contributed by atoms with Gasteiger partial charge in [0.15, 0.2) is 0 Å². The van der Waals surface area contributed by atoms with Crippen molar-refractivity contribution >= 4 is 0 Å². The molecular formula is C15H26N2. The predicted octanol–water partition coefficient (Wildman–Crippen LogP) is 2.68. The molecule has 2 nitrogen and oxygen atoms in total. The van der Waals surface area contributed by atoms with Crippen LogP contribution in [0.15, 0.2) is 30.3 Å². The molecule has 2 heteroatoms. The Balaban J connectivity index is 2.36. The summed E-state index contributed by atoms with van der Waals surface area (Å²) >= 11 is 0. The Morgan fingerprint density at radius 2 is 1.88 bits per heavy atom. The van der Waals surface area contributed by atoms with Crippen LogP contribution in [0.1, 0.15) is 32.3 Å². The Bertz CT molecular complexity index is 297. The van der Waals surface area contributed by atoms with Crippen molar-refractivity contribution < 1.29 is 0 Å². The van der Waals surface area contributed by atoms with Gasteiger partial charge in [0, 0.05) is 18.6 Å². The van der Waals surface area contributed by atoms with Gasteiger partial charge in [0.2, 0.25) is 0 Å². The van der Waals surface area contributed by atoms with Gasteiger partial charge in [-0.2, -0.15) is 0 Å². The summed E-state index contributed by atoms with van der Waals surface area (Å²) in [6.07, 6.45) is 3.44. The van der Waals surface area contributed by atoms with Crippen LogP contribution in [0, 0.1) is 0 Å². The van der Waals surface area contributed by atoms with Gasteiger partial charge in [-0.05, 0) is 32.4 Å². The molecular weight excluding hydrogens is 208 g/mol. The first-order valence-electron chi connectivity index (χ1n) is 6.63. The number of rotatable bonds is 7. The molecule has 2 N–H and O–H groups in total. The molecule has 1 rings (SSSR count). The molecule has 2 atom stereocenters. The molecule has 0 aliphatic carbocycles. The van der Waals surface area contributed by atoms with Gasteiger partial charge in [-0.15, -0.1) is 0 Å². The smallest absolute Gasteiger partial charge is 0.0208 e. The molecule has 0 saturated carbocycles. The van der Waals surface area contributed by atoms with E-state index >= 15 is 0 Å². The topological polar surface area (TPSA) is 29.3 Å². The van der Waals surface area contributed by atoms with Crippen molar-refractivity contribution in [1.29, 1.82) is 0 Å². The van der Waals surface area contributed by atoms with Crippen LogP contribution in [0.5, 0.6) is 0 Å². The second-order valence-electron chi connectivity index (χ2n) is 5.03. The fourth-order valence-electron chi connectivity index (χ4n) is 2.17. The summed E-state index contributed by atoms with van der Waals surface area (Å²) in [5.41, 5.74) is 7.53. The van der Waals surface area contributed by atoms with Crippen LogP contribution in [0.25, 0.3) is 0 Å². The molecule has 0 aliphatic heterocycles. The van der Waals surface area contributed by atoms with Crippen molar-refractivity contribution in [3.8, 4) is 0 Å². The van der Waals surface area contributed by atoms with Gasteiger partial charge in [-0.1, -0.05) is 43.7 Å². The average molecular weight is 234 g/mol. The summed E-state index contributed by atoms with van der Waals surface area (Å²) in [5.74, 6) is 0. The lowest BCUT2D eigenvalue weighted by Gasteiger charge is -2.27. The number of hydrogen-bond donors (Lipinski definition) is 1. The van der Waals surface area contributed by atoms with Crippen molar-refractivity contribution in [3.63, 3.8) is 0 Å². The largest absolute Gasteiger partial charge is 0.326 e. The van der Waals surface area contributed by atoms with E-state index < -0.39 is 0 Å². The Morgan fingerprint density at radius 1 is 1.24 bits per heavy atom. The van der Waals surface area contributed by atoms with Crippen molar-refractivity contribution in [2.45, 2.75) is 45.2 Å². The van der Waals surface area contributed by atoms with Gasteiger partial charge in [-0.3, -0.25) is 0 Å². The standard InChI is InChI=1S/C15H26N2/c1-4-8-13(2)17(3)12-15(16)11-14-9-6-5-7-10-14/h5-7,9-10,13,15H,4,8,11-12,16H2,1-3H3. The highest BCUT2D eigenvalue weighted by Crippen LogP contribution is 2.07. The van der Waals surface area contributed by atoms with Gasteiger partial charge in [0.05, 0.1) is 0 Å².